The van der Waals surface area contributed by atoms with Crippen LogP contribution in [0.25, 0.3) is 43.6 Å². The maximum atomic E-state index is 14.2. The highest BCUT2D eigenvalue weighted by Crippen LogP contribution is 2.48. The Bertz CT molecular complexity index is 1950. The molecule has 3 aromatic heterocycles. The molecule has 5 aromatic rings. The number of methoxy groups -OCH3 is 1. The van der Waals surface area contributed by atoms with Crippen molar-refractivity contribution in [2.75, 3.05) is 32.8 Å². The minimum Gasteiger partial charge on any atom is -0.465 e. The van der Waals surface area contributed by atoms with Crippen molar-refractivity contribution in [2.24, 2.45) is 0 Å². The quantitative estimate of drug-likeness (QED) is 0.195. The Balaban J connectivity index is 1.53. The summed E-state index contributed by atoms with van der Waals surface area (Å²) >= 11 is 1.65. The summed E-state index contributed by atoms with van der Waals surface area (Å²) in [7, 11) is 5.37. The Morgan fingerprint density at radius 2 is 1.84 bits per heavy atom. The average molecular weight is 608 g/mol. The summed E-state index contributed by atoms with van der Waals surface area (Å²) in [6, 6.07) is 14.3. The molecule has 1 aliphatic heterocycles. The number of nitrogens with zero attached hydrogens (tertiary/aromatic N) is 5. The Morgan fingerprint density at radius 3 is 2.55 bits per heavy atom. The molecule has 44 heavy (non-hydrogen) atoms. The molecule has 0 N–H and O–H groups in total. The van der Waals surface area contributed by atoms with Crippen molar-refractivity contribution < 1.29 is 14.3 Å². The van der Waals surface area contributed by atoms with Gasteiger partial charge in [0, 0.05) is 16.3 Å². The molecule has 1 amide bonds. The zero-order valence-electron chi connectivity index (χ0n) is 25.9. The third-order valence-electron chi connectivity index (χ3n) is 9.05. The van der Waals surface area contributed by atoms with Crippen LogP contribution in [0.3, 0.4) is 0 Å². The lowest BCUT2D eigenvalue weighted by Gasteiger charge is -2.27. The van der Waals surface area contributed by atoms with Gasteiger partial charge in [-0.25, -0.2) is 14.8 Å². The predicted molar refractivity (Wildman–Crippen MR) is 176 cm³/mol. The minimum absolute atomic E-state index is 0.00121. The van der Waals surface area contributed by atoms with Gasteiger partial charge < -0.3 is 9.30 Å². The van der Waals surface area contributed by atoms with Gasteiger partial charge in [-0.1, -0.05) is 31.4 Å². The maximum Gasteiger partial charge on any atom is 0.337 e. The van der Waals surface area contributed by atoms with E-state index < -0.39 is 0 Å². The largest absolute Gasteiger partial charge is 0.465 e. The van der Waals surface area contributed by atoms with E-state index in [1.54, 1.807) is 11.3 Å². The molecule has 0 atom stereocenters. The van der Waals surface area contributed by atoms with E-state index in [-0.39, 0.29) is 18.4 Å². The van der Waals surface area contributed by atoms with Crippen molar-refractivity contribution in [3.8, 4) is 21.8 Å². The molecule has 8 nitrogen and oxygen atoms in total. The summed E-state index contributed by atoms with van der Waals surface area (Å²) in [5.41, 5.74) is 8.37. The topological polar surface area (TPSA) is 80.6 Å². The number of carbonyl (C=O) groups is 2. The fraction of sp³-hybridized carbons (Fsp3) is 0.371. The number of fused-ring (bicyclic) bond motifs is 6. The number of amides is 1. The van der Waals surface area contributed by atoms with Gasteiger partial charge >= 0.3 is 5.97 Å². The molecule has 9 heteroatoms. The molecule has 0 bridgehead atoms. The van der Waals surface area contributed by atoms with E-state index in [9.17, 15) is 9.59 Å². The smallest absolute Gasteiger partial charge is 0.337 e. The molecular weight excluding hydrogens is 570 g/mol. The highest BCUT2D eigenvalue weighted by Gasteiger charge is 2.34. The van der Waals surface area contributed by atoms with Crippen LogP contribution in [0, 0.1) is 13.8 Å². The van der Waals surface area contributed by atoms with Crippen LogP contribution in [0.1, 0.15) is 64.6 Å². The number of ether oxygens (including phenoxy) is 1. The number of esters is 1. The van der Waals surface area contributed by atoms with Crippen molar-refractivity contribution in [3.63, 3.8) is 0 Å². The second kappa shape index (κ2) is 11.1. The van der Waals surface area contributed by atoms with Crippen LogP contribution in [0.5, 0.6) is 0 Å². The van der Waals surface area contributed by atoms with Gasteiger partial charge in [0.15, 0.2) is 0 Å². The molecule has 1 aliphatic carbocycles. The van der Waals surface area contributed by atoms with Crippen molar-refractivity contribution >= 4 is 50.7 Å². The number of hydrogen-bond donors (Lipinski definition) is 0. The molecular formula is C35H37N5O3S. The maximum absolute atomic E-state index is 14.2. The van der Waals surface area contributed by atoms with Crippen molar-refractivity contribution in [2.45, 2.75) is 58.4 Å². The molecule has 4 heterocycles. The highest BCUT2D eigenvalue weighted by molar-refractivity contribution is 7.15. The van der Waals surface area contributed by atoms with Crippen LogP contribution in [0.4, 0.5) is 5.69 Å². The fourth-order valence-electron chi connectivity index (χ4n) is 7.14. The molecule has 1 fully saturated rings. The van der Waals surface area contributed by atoms with Crippen LogP contribution < -0.4 is 4.90 Å². The van der Waals surface area contributed by atoms with Crippen molar-refractivity contribution in [3.05, 3.63) is 64.3 Å². The Labute approximate surface area is 261 Å². The fourth-order valence-corrected chi connectivity index (χ4v) is 8.03. The van der Waals surface area contributed by atoms with Crippen LogP contribution in [0.15, 0.2) is 42.5 Å². The Hall–Kier alpha value is -4.08. The SMILES string of the molecule is COC(=O)c1ccc2c(C3CCCCC3)c3n(c2c1)CC(=O)N(CN(C)C)c1cc2nc(-c4sc(C)nc4C)ccc2cc1-3. The van der Waals surface area contributed by atoms with Gasteiger partial charge in [0.1, 0.15) is 6.54 Å². The highest BCUT2D eigenvalue weighted by atomic mass is 32.1. The molecule has 0 spiro atoms. The zero-order valence-corrected chi connectivity index (χ0v) is 26.8. The van der Waals surface area contributed by atoms with E-state index in [1.807, 2.05) is 49.9 Å². The number of carbonyl (C=O) groups excluding carboxylic acids is 2. The summed E-state index contributed by atoms with van der Waals surface area (Å²) in [4.78, 5) is 41.5. The molecule has 226 valence electrons. The molecule has 1 saturated carbocycles. The number of pyridine rings is 1. The van der Waals surface area contributed by atoms with Crippen LogP contribution in [-0.2, 0) is 16.1 Å². The normalized spacial score (nSPS) is 15.6. The summed E-state index contributed by atoms with van der Waals surface area (Å²) < 4.78 is 7.23. The first-order valence-corrected chi connectivity index (χ1v) is 16.1. The van der Waals surface area contributed by atoms with Crippen molar-refractivity contribution in [1.82, 2.24) is 19.4 Å². The van der Waals surface area contributed by atoms with Crippen LogP contribution in [-0.4, -0.2) is 59.2 Å². The van der Waals surface area contributed by atoms with E-state index in [2.05, 4.69) is 39.9 Å². The van der Waals surface area contributed by atoms with Crippen molar-refractivity contribution in [1.29, 1.82) is 0 Å². The Morgan fingerprint density at radius 1 is 1.05 bits per heavy atom. The van der Waals surface area contributed by atoms with Gasteiger partial charge in [0.25, 0.3) is 0 Å². The number of aryl methyl sites for hydroxylation is 2. The summed E-state index contributed by atoms with van der Waals surface area (Å²) in [5.74, 6) is -0.00208. The molecule has 2 aliphatic rings. The Kier molecular flexibility index (Phi) is 7.25. The van der Waals surface area contributed by atoms with Gasteiger partial charge in [-0.3, -0.25) is 14.6 Å². The second-order valence-corrected chi connectivity index (χ2v) is 13.6. The van der Waals surface area contributed by atoms with E-state index in [0.717, 1.165) is 72.9 Å². The molecule has 2 aromatic carbocycles. The van der Waals surface area contributed by atoms with Gasteiger partial charge in [0.2, 0.25) is 5.91 Å². The number of aromatic nitrogens is 3. The lowest BCUT2D eigenvalue weighted by atomic mass is 9.81. The van der Waals surface area contributed by atoms with Crippen LogP contribution >= 0.6 is 11.3 Å². The number of benzene rings is 2. The monoisotopic (exact) mass is 607 g/mol. The standard InChI is InChI=1S/C35H37N5O3S/c1-20-34(44-21(2)36-20)27-14-12-23-15-26-30(17-28(23)37-27)40(19-38(3)4)31(41)18-39-29-16-24(35(42)43-5)11-13-25(29)32(33(26)39)22-9-7-6-8-10-22/h11-17,22H,6-10,18-19H2,1-5H3. The molecule has 0 saturated heterocycles. The molecule has 0 radical (unpaired) electrons. The lowest BCUT2D eigenvalue weighted by Crippen LogP contribution is -2.39. The van der Waals surface area contributed by atoms with E-state index >= 15 is 0 Å². The average Bonchev–Trinajstić information content (AvgIpc) is 3.50. The first-order valence-electron chi connectivity index (χ1n) is 15.3. The third-order valence-corrected chi connectivity index (χ3v) is 10.1. The predicted octanol–water partition coefficient (Wildman–Crippen LogP) is 7.30. The van der Waals surface area contributed by atoms with Gasteiger partial charge in [-0.2, -0.15) is 0 Å². The number of hydrogen-bond acceptors (Lipinski definition) is 7. The van der Waals surface area contributed by atoms with E-state index in [0.29, 0.717) is 18.2 Å². The lowest BCUT2D eigenvalue weighted by molar-refractivity contribution is -0.119. The second-order valence-electron chi connectivity index (χ2n) is 12.4. The van der Waals surface area contributed by atoms with E-state index in [1.165, 1.54) is 31.9 Å². The molecule has 0 unspecified atom stereocenters. The third kappa shape index (κ3) is 4.79. The van der Waals surface area contributed by atoms with Crippen LogP contribution in [0.2, 0.25) is 0 Å². The number of anilines is 1. The van der Waals surface area contributed by atoms with Gasteiger partial charge in [-0.05, 0) is 82.6 Å². The van der Waals surface area contributed by atoms with Gasteiger partial charge in [0.05, 0.1) is 63.0 Å². The summed E-state index contributed by atoms with van der Waals surface area (Å²) in [6.07, 6.45) is 5.86. The summed E-state index contributed by atoms with van der Waals surface area (Å²) in [5, 5.41) is 3.15. The molecule has 7 rings (SSSR count). The first kappa shape index (κ1) is 28.7. The first-order chi connectivity index (χ1) is 21.2. The number of rotatable bonds is 5. The summed E-state index contributed by atoms with van der Waals surface area (Å²) in [6.45, 7) is 4.67. The van der Waals surface area contributed by atoms with E-state index in [4.69, 9.17) is 9.72 Å². The number of thiazole rings is 1. The zero-order chi connectivity index (χ0) is 30.7. The van der Waals surface area contributed by atoms with Gasteiger partial charge in [-0.15, -0.1) is 11.3 Å². The minimum atomic E-state index is -0.379.